The Labute approximate surface area is 97.4 Å². The third kappa shape index (κ3) is 2.35. The van der Waals surface area contributed by atoms with Crippen LogP contribution in [0.1, 0.15) is 10.3 Å². The van der Waals surface area contributed by atoms with Crippen LogP contribution in [-0.2, 0) is 9.53 Å². The van der Waals surface area contributed by atoms with Gasteiger partial charge in [0.2, 0.25) is 5.91 Å². The molecular formula is C10H13NO2S2. The number of thioether (sulfide) groups is 1. The smallest absolute Gasteiger partial charge is 0.249 e. The Bertz CT molecular complexity index is 326. The zero-order valence-corrected chi connectivity index (χ0v) is 10.1. The SMILES string of the molecule is COCC(=O)N1CCSC1c1cccs1. The molecule has 5 heteroatoms. The molecule has 0 spiro atoms. The van der Waals surface area contributed by atoms with E-state index >= 15 is 0 Å². The highest BCUT2D eigenvalue weighted by Crippen LogP contribution is 2.39. The van der Waals surface area contributed by atoms with Crippen molar-refractivity contribution in [2.24, 2.45) is 0 Å². The molecule has 1 saturated heterocycles. The summed E-state index contributed by atoms with van der Waals surface area (Å²) in [7, 11) is 1.56. The number of thiophene rings is 1. The largest absolute Gasteiger partial charge is 0.375 e. The van der Waals surface area contributed by atoms with E-state index in [1.54, 1.807) is 18.4 Å². The van der Waals surface area contributed by atoms with Gasteiger partial charge in [-0.25, -0.2) is 0 Å². The minimum Gasteiger partial charge on any atom is -0.375 e. The normalized spacial score (nSPS) is 20.9. The Hall–Kier alpha value is -0.520. The quantitative estimate of drug-likeness (QED) is 0.813. The van der Waals surface area contributed by atoms with Gasteiger partial charge in [0.25, 0.3) is 0 Å². The Balaban J connectivity index is 2.08. The fourth-order valence-corrected chi connectivity index (χ4v) is 3.86. The van der Waals surface area contributed by atoms with E-state index in [-0.39, 0.29) is 17.9 Å². The van der Waals surface area contributed by atoms with Gasteiger partial charge in [-0.15, -0.1) is 23.1 Å². The molecule has 1 aliphatic heterocycles. The van der Waals surface area contributed by atoms with Gasteiger partial charge < -0.3 is 9.64 Å². The molecule has 2 heterocycles. The molecule has 1 unspecified atom stereocenters. The van der Waals surface area contributed by atoms with E-state index < -0.39 is 0 Å². The lowest BCUT2D eigenvalue weighted by Gasteiger charge is -2.22. The molecule has 1 aromatic rings. The third-order valence-corrected chi connectivity index (χ3v) is 4.58. The van der Waals surface area contributed by atoms with Gasteiger partial charge in [-0.2, -0.15) is 0 Å². The van der Waals surface area contributed by atoms with Crippen LogP contribution >= 0.6 is 23.1 Å². The Kier molecular flexibility index (Phi) is 3.66. The molecule has 15 heavy (non-hydrogen) atoms. The van der Waals surface area contributed by atoms with Crippen molar-refractivity contribution in [2.45, 2.75) is 5.37 Å². The van der Waals surface area contributed by atoms with Crippen LogP contribution in [0.4, 0.5) is 0 Å². The zero-order chi connectivity index (χ0) is 10.7. The number of ether oxygens (including phenoxy) is 1. The molecule has 1 aromatic heterocycles. The molecule has 1 atom stereocenters. The van der Waals surface area contributed by atoms with E-state index in [4.69, 9.17) is 4.74 Å². The lowest BCUT2D eigenvalue weighted by atomic mass is 10.4. The number of carbonyl (C=O) groups is 1. The molecule has 0 saturated carbocycles. The van der Waals surface area contributed by atoms with Crippen molar-refractivity contribution in [3.8, 4) is 0 Å². The molecule has 1 aliphatic rings. The summed E-state index contributed by atoms with van der Waals surface area (Å²) in [6.45, 7) is 1.01. The van der Waals surface area contributed by atoms with Crippen LogP contribution in [0.3, 0.4) is 0 Å². The summed E-state index contributed by atoms with van der Waals surface area (Å²) >= 11 is 3.53. The van der Waals surface area contributed by atoms with Crippen LogP contribution in [-0.4, -0.2) is 36.8 Å². The molecule has 0 bridgehead atoms. The zero-order valence-electron chi connectivity index (χ0n) is 8.51. The number of nitrogens with zero attached hydrogens (tertiary/aromatic N) is 1. The maximum atomic E-state index is 11.7. The molecule has 0 N–H and O–H groups in total. The molecule has 0 aromatic carbocycles. The predicted molar refractivity (Wildman–Crippen MR) is 63.1 cm³/mol. The van der Waals surface area contributed by atoms with Gasteiger partial charge in [0.1, 0.15) is 12.0 Å². The summed E-state index contributed by atoms with van der Waals surface area (Å²) < 4.78 is 4.88. The first-order valence-corrected chi connectivity index (χ1v) is 6.69. The van der Waals surface area contributed by atoms with Crippen LogP contribution < -0.4 is 0 Å². The Morgan fingerprint density at radius 1 is 1.73 bits per heavy atom. The van der Waals surface area contributed by atoms with Gasteiger partial charge in [0, 0.05) is 24.3 Å². The summed E-state index contributed by atoms with van der Waals surface area (Å²) in [6, 6.07) is 4.11. The van der Waals surface area contributed by atoms with E-state index in [9.17, 15) is 4.79 Å². The predicted octanol–water partition coefficient (Wildman–Crippen LogP) is 1.97. The summed E-state index contributed by atoms with van der Waals surface area (Å²) in [5.41, 5.74) is 0. The fraction of sp³-hybridized carbons (Fsp3) is 0.500. The van der Waals surface area contributed by atoms with Crippen molar-refractivity contribution >= 4 is 29.0 Å². The molecule has 82 valence electrons. The molecule has 1 fully saturated rings. The monoisotopic (exact) mass is 243 g/mol. The average molecular weight is 243 g/mol. The number of hydrogen-bond acceptors (Lipinski definition) is 4. The number of methoxy groups -OCH3 is 1. The lowest BCUT2D eigenvalue weighted by Crippen LogP contribution is -2.32. The maximum Gasteiger partial charge on any atom is 0.249 e. The van der Waals surface area contributed by atoms with Crippen molar-refractivity contribution in [2.75, 3.05) is 26.0 Å². The minimum atomic E-state index is 0.0842. The molecule has 0 radical (unpaired) electrons. The first-order chi connectivity index (χ1) is 7.33. The number of carbonyl (C=O) groups excluding carboxylic acids is 1. The lowest BCUT2D eigenvalue weighted by molar-refractivity contribution is -0.135. The first-order valence-electron chi connectivity index (χ1n) is 4.76. The standard InChI is InChI=1S/C10H13NO2S2/c1-13-7-9(12)11-4-6-15-10(11)8-3-2-5-14-8/h2-3,5,10H,4,6-7H2,1H3. The van der Waals surface area contributed by atoms with Gasteiger partial charge in [-0.3, -0.25) is 4.79 Å². The summed E-state index contributed by atoms with van der Waals surface area (Å²) in [4.78, 5) is 14.9. The van der Waals surface area contributed by atoms with Crippen LogP contribution in [0.2, 0.25) is 0 Å². The maximum absolute atomic E-state index is 11.7. The second-order valence-corrected chi connectivity index (χ2v) is 5.43. The molecule has 2 rings (SSSR count). The van der Waals surface area contributed by atoms with Gasteiger partial charge in [0.05, 0.1) is 0 Å². The number of amides is 1. The van der Waals surface area contributed by atoms with E-state index in [0.717, 1.165) is 12.3 Å². The van der Waals surface area contributed by atoms with E-state index in [2.05, 4.69) is 6.07 Å². The molecule has 1 amide bonds. The average Bonchev–Trinajstić information content (AvgIpc) is 2.88. The van der Waals surface area contributed by atoms with Crippen molar-refractivity contribution in [1.82, 2.24) is 4.90 Å². The highest BCUT2D eigenvalue weighted by Gasteiger charge is 2.30. The molecular weight excluding hydrogens is 230 g/mol. The minimum absolute atomic E-state index is 0.0842. The van der Waals surface area contributed by atoms with Gasteiger partial charge in [0.15, 0.2) is 0 Å². The van der Waals surface area contributed by atoms with Crippen molar-refractivity contribution in [1.29, 1.82) is 0 Å². The fourth-order valence-electron chi connectivity index (χ4n) is 1.60. The first kappa shape index (κ1) is 11.0. The summed E-state index contributed by atoms with van der Waals surface area (Å²) in [5.74, 6) is 1.10. The van der Waals surface area contributed by atoms with Gasteiger partial charge in [-0.1, -0.05) is 6.07 Å². The van der Waals surface area contributed by atoms with Gasteiger partial charge >= 0.3 is 0 Å². The molecule has 0 aliphatic carbocycles. The van der Waals surface area contributed by atoms with Gasteiger partial charge in [-0.05, 0) is 11.4 Å². The van der Waals surface area contributed by atoms with E-state index in [1.165, 1.54) is 4.88 Å². The molecule has 3 nitrogen and oxygen atoms in total. The highest BCUT2D eigenvalue weighted by molar-refractivity contribution is 7.99. The second-order valence-electron chi connectivity index (χ2n) is 3.26. The Morgan fingerprint density at radius 3 is 3.27 bits per heavy atom. The Morgan fingerprint density at radius 2 is 2.60 bits per heavy atom. The third-order valence-electron chi connectivity index (χ3n) is 2.27. The van der Waals surface area contributed by atoms with Crippen molar-refractivity contribution in [3.05, 3.63) is 22.4 Å². The van der Waals surface area contributed by atoms with E-state index in [1.807, 2.05) is 28.1 Å². The summed E-state index contributed by atoms with van der Waals surface area (Å²) in [5, 5.41) is 2.25. The van der Waals surface area contributed by atoms with Crippen LogP contribution in [0.25, 0.3) is 0 Å². The summed E-state index contributed by atoms with van der Waals surface area (Å²) in [6.07, 6.45) is 0. The van der Waals surface area contributed by atoms with Crippen molar-refractivity contribution < 1.29 is 9.53 Å². The number of rotatable bonds is 3. The van der Waals surface area contributed by atoms with Crippen LogP contribution in [0, 0.1) is 0 Å². The highest BCUT2D eigenvalue weighted by atomic mass is 32.2. The topological polar surface area (TPSA) is 29.5 Å². The van der Waals surface area contributed by atoms with E-state index in [0.29, 0.717) is 0 Å². The second kappa shape index (κ2) is 5.01. The van der Waals surface area contributed by atoms with Crippen LogP contribution in [0.5, 0.6) is 0 Å². The number of hydrogen-bond donors (Lipinski definition) is 0. The van der Waals surface area contributed by atoms with Crippen LogP contribution in [0.15, 0.2) is 17.5 Å². The van der Waals surface area contributed by atoms with Crippen molar-refractivity contribution in [3.63, 3.8) is 0 Å².